The van der Waals surface area contributed by atoms with E-state index in [1.807, 2.05) is 119 Å². The molecule has 0 bridgehead atoms. The lowest BCUT2D eigenvalue weighted by molar-refractivity contribution is -0.118. The van der Waals surface area contributed by atoms with E-state index in [0.717, 1.165) is 81.2 Å². The third-order valence-corrected chi connectivity index (χ3v) is 6.91. The van der Waals surface area contributed by atoms with Crippen LogP contribution in [0, 0.1) is 12.8 Å². The smallest absolute Gasteiger partial charge is 0.410 e. The fourth-order valence-electron chi connectivity index (χ4n) is 4.37. The summed E-state index contributed by atoms with van der Waals surface area (Å²) < 4.78 is 11.0. The molecule has 50 heavy (non-hydrogen) atoms. The number of benzene rings is 1. The van der Waals surface area contributed by atoms with Gasteiger partial charge < -0.3 is 35.2 Å². The van der Waals surface area contributed by atoms with Gasteiger partial charge in [-0.1, -0.05) is 45.4 Å². The minimum absolute atomic E-state index is 0.202. The molecule has 2 amide bonds. The van der Waals surface area contributed by atoms with Crippen LogP contribution < -0.4 is 15.8 Å². The Labute approximate surface area is 310 Å². The molecule has 3 rings (SSSR count). The molecule has 0 aromatic heterocycles. The first-order chi connectivity index (χ1) is 23.7. The van der Waals surface area contributed by atoms with Crippen LogP contribution in [0.15, 0.2) is 46.4 Å². The molecule has 1 aromatic rings. The van der Waals surface area contributed by atoms with E-state index in [2.05, 4.69) is 30.1 Å². The lowest BCUT2D eigenvalue weighted by Crippen LogP contribution is -2.53. The van der Waals surface area contributed by atoms with Crippen LogP contribution in [0.3, 0.4) is 0 Å². The van der Waals surface area contributed by atoms with Crippen LogP contribution in [0.4, 0.5) is 4.79 Å². The number of halogens is 1. The molecule has 10 nitrogen and oxygen atoms in total. The molecule has 0 aliphatic carbocycles. The first-order valence-corrected chi connectivity index (χ1v) is 18.0. The molecular formula is C39H69ClN6O4. The second-order valence-electron chi connectivity index (χ2n) is 12.0. The van der Waals surface area contributed by atoms with E-state index in [9.17, 15) is 9.59 Å². The number of carbonyl (C=O) groups excluding carboxylic acids is 2. The largest absolute Gasteiger partial charge is 0.489 e. The van der Waals surface area contributed by atoms with Gasteiger partial charge in [-0.3, -0.25) is 9.79 Å². The van der Waals surface area contributed by atoms with Gasteiger partial charge in [-0.05, 0) is 79.5 Å². The highest BCUT2D eigenvalue weighted by Crippen LogP contribution is 2.29. The van der Waals surface area contributed by atoms with Gasteiger partial charge in [0.15, 0.2) is 0 Å². The molecule has 0 spiro atoms. The lowest BCUT2D eigenvalue weighted by atomic mass is 10.1. The number of fused-ring (bicyclic) bond motifs is 1. The van der Waals surface area contributed by atoms with E-state index in [1.54, 1.807) is 9.80 Å². The predicted molar refractivity (Wildman–Crippen MR) is 214 cm³/mol. The Balaban J connectivity index is -0.000000617. The predicted octanol–water partition coefficient (Wildman–Crippen LogP) is 7.76. The molecule has 0 radical (unpaired) electrons. The number of amides is 2. The first kappa shape index (κ1) is 50.7. The van der Waals surface area contributed by atoms with Gasteiger partial charge in [0.1, 0.15) is 18.0 Å². The number of rotatable bonds is 8. The number of ether oxygens (including phenoxy) is 2. The molecule has 3 N–H and O–H groups in total. The zero-order valence-electron chi connectivity index (χ0n) is 33.4. The highest BCUT2D eigenvalue weighted by molar-refractivity contribution is 6.30. The van der Waals surface area contributed by atoms with Crippen molar-refractivity contribution in [3.05, 3.63) is 52.0 Å². The normalized spacial score (nSPS) is 15.1. The summed E-state index contributed by atoms with van der Waals surface area (Å²) >= 11 is 5.94. The molecule has 1 aromatic carbocycles. The number of nitrogens with zero attached hydrogens (tertiary/aromatic N) is 4. The molecule has 1 atom stereocenters. The number of nitrogens with two attached hydrogens (primary N) is 1. The van der Waals surface area contributed by atoms with Gasteiger partial charge in [0.25, 0.3) is 0 Å². The van der Waals surface area contributed by atoms with Crippen molar-refractivity contribution >= 4 is 30.3 Å². The summed E-state index contributed by atoms with van der Waals surface area (Å²) in [5, 5.41) is 3.94. The third-order valence-electron chi connectivity index (χ3n) is 6.67. The Kier molecular flexibility index (Phi) is 30.6. The maximum atomic E-state index is 11.7. The van der Waals surface area contributed by atoms with Crippen LogP contribution >= 0.6 is 11.6 Å². The Morgan fingerprint density at radius 1 is 1.22 bits per heavy atom. The van der Waals surface area contributed by atoms with E-state index in [4.69, 9.17) is 26.8 Å². The number of terminal acetylenes is 1. The van der Waals surface area contributed by atoms with Gasteiger partial charge >= 0.3 is 6.09 Å². The Hall–Kier alpha value is -3.68. The van der Waals surface area contributed by atoms with Crippen molar-refractivity contribution in [1.29, 1.82) is 0 Å². The van der Waals surface area contributed by atoms with Crippen LogP contribution in [0.5, 0.6) is 5.75 Å². The first-order valence-electron chi connectivity index (χ1n) is 17.7. The molecule has 11 heteroatoms. The van der Waals surface area contributed by atoms with Gasteiger partial charge in [0.05, 0.1) is 0 Å². The standard InChI is InChI=1S/C13H14ClNO.C10H21N3O.C10H20N2O2.2C2H6.C2H2/c1-3-15-12-6-10-4-5-11(14)7-13(10)16-8-9(12)2;1-4-13(9-14)7-5-6-12(3)8-10(2)11;1-8-7-11-5-6-12(8)9(13)14-10(2,3)4;3*1-2/h3-5,7H,6,8H2,1-2H3;8-9H,4-7,11H2,1-3H3;8,11H,5-7H2,1-4H3;2*1-2H3;1-2H/b;10-8-;;;;/t;;8-;;;/m..0.../s1. The van der Waals surface area contributed by atoms with Crippen LogP contribution in [-0.2, 0) is 16.0 Å². The highest BCUT2D eigenvalue weighted by atomic mass is 35.5. The van der Waals surface area contributed by atoms with Crippen molar-refractivity contribution in [2.75, 3.05) is 52.9 Å². The van der Waals surface area contributed by atoms with Crippen molar-refractivity contribution in [3.8, 4) is 18.6 Å². The summed E-state index contributed by atoms with van der Waals surface area (Å²) in [5.41, 5.74) is 9.33. The molecule has 0 unspecified atom stereocenters. The van der Waals surface area contributed by atoms with Gasteiger partial charge in [0.2, 0.25) is 6.41 Å². The fraction of sp³-hybridized carbons (Fsp3) is 0.615. The molecule has 1 fully saturated rings. The molecule has 0 saturated carbocycles. The zero-order chi connectivity index (χ0) is 39.3. The SMILES string of the molecule is C#C.CC.CC.CC=NC1=C(C)COc2cc(Cl)ccc2C1.CCN(C=O)CCCN(C)/C=C(/C)N.C[C@H]1CNCCN1C(=O)OC(C)(C)C. The molecule has 2 heterocycles. The molecular weight excluding hydrogens is 652 g/mol. The lowest BCUT2D eigenvalue weighted by Gasteiger charge is -2.35. The zero-order valence-corrected chi connectivity index (χ0v) is 34.2. The third kappa shape index (κ3) is 23.6. The van der Waals surface area contributed by atoms with Crippen molar-refractivity contribution < 1.29 is 19.1 Å². The van der Waals surface area contributed by atoms with E-state index < -0.39 is 5.60 Å². The topological polar surface area (TPSA) is 113 Å². The number of hydrogen-bond donors (Lipinski definition) is 2. The number of piperazine rings is 1. The van der Waals surface area contributed by atoms with Crippen LogP contribution in [0.1, 0.15) is 95.1 Å². The summed E-state index contributed by atoms with van der Waals surface area (Å²) in [4.78, 5) is 32.1. The maximum absolute atomic E-state index is 11.7. The number of hydrogen-bond acceptors (Lipinski definition) is 8. The molecule has 286 valence electrons. The second kappa shape index (κ2) is 30.2. The summed E-state index contributed by atoms with van der Waals surface area (Å²) in [5.74, 6) is 0.869. The van der Waals surface area contributed by atoms with Crippen LogP contribution in [-0.4, -0.2) is 98.0 Å². The second-order valence-corrected chi connectivity index (χ2v) is 12.4. The molecule has 2 aliphatic rings. The van der Waals surface area contributed by atoms with Crippen molar-refractivity contribution in [1.82, 2.24) is 20.0 Å². The summed E-state index contributed by atoms with van der Waals surface area (Å²) in [6.07, 6.45) is 14.2. The van der Waals surface area contributed by atoms with Gasteiger partial charge in [-0.15, -0.1) is 12.8 Å². The fourth-order valence-corrected chi connectivity index (χ4v) is 4.54. The average molecular weight is 721 g/mol. The van der Waals surface area contributed by atoms with Crippen LogP contribution in [0.2, 0.25) is 5.02 Å². The minimum atomic E-state index is -0.401. The monoisotopic (exact) mass is 721 g/mol. The van der Waals surface area contributed by atoms with E-state index in [-0.39, 0.29) is 12.1 Å². The van der Waals surface area contributed by atoms with Crippen molar-refractivity contribution in [3.63, 3.8) is 0 Å². The number of aliphatic imine (C=N–C) groups is 1. The summed E-state index contributed by atoms with van der Waals surface area (Å²) in [6, 6.07) is 5.97. The minimum Gasteiger partial charge on any atom is -0.489 e. The van der Waals surface area contributed by atoms with Crippen LogP contribution in [0.25, 0.3) is 0 Å². The quantitative estimate of drug-likeness (QED) is 0.160. The van der Waals surface area contributed by atoms with Crippen molar-refractivity contribution in [2.45, 2.75) is 108 Å². The van der Waals surface area contributed by atoms with Crippen molar-refractivity contribution in [2.24, 2.45) is 10.7 Å². The number of carbonyl (C=O) groups is 2. The number of nitrogens with one attached hydrogen (secondary N) is 1. The summed E-state index contributed by atoms with van der Waals surface area (Å²) in [7, 11) is 1.98. The Morgan fingerprint density at radius 3 is 2.34 bits per heavy atom. The Morgan fingerprint density at radius 2 is 1.84 bits per heavy atom. The maximum Gasteiger partial charge on any atom is 0.410 e. The number of allylic oxidation sites excluding steroid dienone is 2. The summed E-state index contributed by atoms with van der Waals surface area (Å²) in [6.45, 7) is 29.0. The van der Waals surface area contributed by atoms with Gasteiger partial charge in [-0.25, -0.2) is 4.79 Å². The highest BCUT2D eigenvalue weighted by Gasteiger charge is 2.27. The van der Waals surface area contributed by atoms with E-state index in [1.165, 1.54) is 5.57 Å². The van der Waals surface area contributed by atoms with E-state index >= 15 is 0 Å². The Bertz CT molecular complexity index is 1170. The average Bonchev–Trinajstić information content (AvgIpc) is 3.23. The van der Waals surface area contributed by atoms with Gasteiger partial charge in [0, 0.05) is 93.2 Å². The molecule has 1 saturated heterocycles. The van der Waals surface area contributed by atoms with Gasteiger partial charge in [-0.2, -0.15) is 0 Å². The van der Waals surface area contributed by atoms with E-state index in [0.29, 0.717) is 11.6 Å². The molecule has 2 aliphatic heterocycles.